The minimum atomic E-state index is 0.577. The van der Waals surface area contributed by atoms with Crippen molar-refractivity contribution in [1.82, 2.24) is 15.0 Å². The summed E-state index contributed by atoms with van der Waals surface area (Å²) in [6, 6.07) is 15.6. The highest BCUT2D eigenvalue weighted by Crippen LogP contribution is 2.24. The third-order valence-corrected chi connectivity index (χ3v) is 4.51. The summed E-state index contributed by atoms with van der Waals surface area (Å²) >= 11 is 12.7. The topological polar surface area (TPSA) is 41.9 Å². The van der Waals surface area contributed by atoms with Crippen LogP contribution in [0, 0.1) is 13.8 Å². The van der Waals surface area contributed by atoms with Crippen LogP contribution in [0.1, 0.15) is 22.8 Å². The summed E-state index contributed by atoms with van der Waals surface area (Å²) in [4.78, 5) is 15.3. The van der Waals surface area contributed by atoms with Gasteiger partial charge in [0.15, 0.2) is 0 Å². The predicted octanol–water partition coefficient (Wildman–Crippen LogP) is 5.00. The summed E-state index contributed by atoms with van der Waals surface area (Å²) in [5.74, 6) is 1.99. The molecule has 0 atom stereocenters. The lowest BCUT2D eigenvalue weighted by molar-refractivity contribution is 0.743. The van der Waals surface area contributed by atoms with Gasteiger partial charge in [-0.05, 0) is 37.1 Å². The monoisotopic (exact) mass is 372 g/mol. The van der Waals surface area contributed by atoms with Gasteiger partial charge in [0.2, 0.25) is 5.95 Å². The van der Waals surface area contributed by atoms with Crippen molar-refractivity contribution in [3.63, 3.8) is 0 Å². The number of anilines is 1. The van der Waals surface area contributed by atoms with Gasteiger partial charge in [-0.15, -0.1) is 0 Å². The summed E-state index contributed by atoms with van der Waals surface area (Å²) in [6.45, 7) is 4.88. The lowest BCUT2D eigenvalue weighted by Gasteiger charge is -2.24. The average Bonchev–Trinajstić information content (AvgIpc) is 2.57. The zero-order chi connectivity index (χ0) is 17.8. The van der Waals surface area contributed by atoms with Crippen LogP contribution in [0.25, 0.3) is 0 Å². The van der Waals surface area contributed by atoms with Crippen molar-refractivity contribution in [2.75, 3.05) is 4.90 Å². The molecule has 0 saturated carbocycles. The molecular weight excluding hydrogens is 355 g/mol. The van der Waals surface area contributed by atoms with Crippen LogP contribution in [0.4, 0.5) is 5.95 Å². The van der Waals surface area contributed by atoms with E-state index in [9.17, 15) is 0 Å². The SMILES string of the molecule is Cc1nc(C)nc(N(Cc2ccccc2Cl)Cc2ccccc2Cl)n1. The van der Waals surface area contributed by atoms with Gasteiger partial charge in [0.05, 0.1) is 0 Å². The molecule has 0 unspecified atom stereocenters. The third kappa shape index (κ3) is 4.47. The Balaban J connectivity index is 1.98. The first-order valence-corrected chi connectivity index (χ1v) is 8.69. The zero-order valence-electron chi connectivity index (χ0n) is 14.1. The Morgan fingerprint density at radius 3 is 1.60 bits per heavy atom. The number of aryl methyl sites for hydroxylation is 2. The molecule has 6 heteroatoms. The molecule has 3 aromatic rings. The Bertz CT molecular complexity index is 815. The fourth-order valence-corrected chi connectivity index (χ4v) is 2.99. The van der Waals surface area contributed by atoms with Crippen molar-refractivity contribution in [1.29, 1.82) is 0 Å². The number of hydrogen-bond acceptors (Lipinski definition) is 4. The number of aromatic nitrogens is 3. The molecule has 0 radical (unpaired) electrons. The van der Waals surface area contributed by atoms with Gasteiger partial charge in [0.25, 0.3) is 0 Å². The molecule has 0 saturated heterocycles. The fourth-order valence-electron chi connectivity index (χ4n) is 2.60. The molecule has 0 aliphatic carbocycles. The third-order valence-electron chi connectivity index (χ3n) is 3.77. The van der Waals surface area contributed by atoms with E-state index in [1.807, 2.05) is 62.4 Å². The number of benzene rings is 2. The minimum absolute atomic E-state index is 0.577. The summed E-state index contributed by atoms with van der Waals surface area (Å²) in [6.07, 6.45) is 0. The highest BCUT2D eigenvalue weighted by molar-refractivity contribution is 6.31. The van der Waals surface area contributed by atoms with E-state index in [2.05, 4.69) is 19.9 Å². The van der Waals surface area contributed by atoms with Crippen molar-refractivity contribution in [3.8, 4) is 0 Å². The van der Waals surface area contributed by atoms with Crippen LogP contribution in [0.5, 0.6) is 0 Å². The lowest BCUT2D eigenvalue weighted by Crippen LogP contribution is -2.25. The maximum atomic E-state index is 6.35. The summed E-state index contributed by atoms with van der Waals surface area (Å²) in [5.41, 5.74) is 2.01. The number of halogens is 2. The summed E-state index contributed by atoms with van der Waals surface area (Å²) < 4.78 is 0. The Morgan fingerprint density at radius 2 is 1.16 bits per heavy atom. The molecule has 0 aliphatic heterocycles. The van der Waals surface area contributed by atoms with Crippen molar-refractivity contribution in [2.24, 2.45) is 0 Å². The molecule has 2 aromatic carbocycles. The van der Waals surface area contributed by atoms with E-state index in [4.69, 9.17) is 23.2 Å². The quantitative estimate of drug-likeness (QED) is 0.631. The second-order valence-corrected chi connectivity index (χ2v) is 6.58. The molecule has 0 N–H and O–H groups in total. The Hall–Kier alpha value is -2.17. The molecule has 3 rings (SSSR count). The summed E-state index contributed by atoms with van der Waals surface area (Å²) in [5, 5.41) is 1.43. The van der Waals surface area contributed by atoms with Crippen LogP contribution in [-0.2, 0) is 13.1 Å². The number of hydrogen-bond donors (Lipinski definition) is 0. The van der Waals surface area contributed by atoms with E-state index < -0.39 is 0 Å². The molecule has 25 heavy (non-hydrogen) atoms. The molecule has 1 heterocycles. The smallest absolute Gasteiger partial charge is 0.229 e. The molecule has 128 valence electrons. The van der Waals surface area contributed by atoms with E-state index in [1.54, 1.807) is 0 Å². The van der Waals surface area contributed by atoms with E-state index >= 15 is 0 Å². The van der Waals surface area contributed by atoms with Gasteiger partial charge in [-0.3, -0.25) is 0 Å². The molecular formula is C19H18Cl2N4. The second-order valence-electron chi connectivity index (χ2n) is 5.77. The molecule has 0 aliphatic rings. The van der Waals surface area contributed by atoms with Gasteiger partial charge in [-0.1, -0.05) is 59.6 Å². The summed E-state index contributed by atoms with van der Waals surface area (Å²) in [7, 11) is 0. The highest BCUT2D eigenvalue weighted by Gasteiger charge is 2.15. The fraction of sp³-hybridized carbons (Fsp3) is 0.211. The first kappa shape index (κ1) is 17.6. The normalized spacial score (nSPS) is 10.7. The van der Waals surface area contributed by atoms with Crippen LogP contribution in [0.2, 0.25) is 10.0 Å². The van der Waals surface area contributed by atoms with E-state index in [-0.39, 0.29) is 0 Å². The van der Waals surface area contributed by atoms with Crippen molar-refractivity contribution in [2.45, 2.75) is 26.9 Å². The second kappa shape index (κ2) is 7.81. The largest absolute Gasteiger partial charge is 0.332 e. The maximum Gasteiger partial charge on any atom is 0.229 e. The molecule has 0 amide bonds. The maximum absolute atomic E-state index is 6.35. The van der Waals surface area contributed by atoms with Gasteiger partial charge in [-0.2, -0.15) is 9.97 Å². The van der Waals surface area contributed by atoms with Gasteiger partial charge >= 0.3 is 0 Å². The van der Waals surface area contributed by atoms with Crippen molar-refractivity contribution in [3.05, 3.63) is 81.4 Å². The molecule has 4 nitrogen and oxygen atoms in total. The van der Waals surface area contributed by atoms with Crippen molar-refractivity contribution < 1.29 is 0 Å². The molecule has 0 bridgehead atoms. The Morgan fingerprint density at radius 1 is 0.720 bits per heavy atom. The van der Waals surface area contributed by atoms with Crippen LogP contribution < -0.4 is 4.90 Å². The highest BCUT2D eigenvalue weighted by atomic mass is 35.5. The van der Waals surface area contributed by atoms with Crippen LogP contribution in [-0.4, -0.2) is 15.0 Å². The van der Waals surface area contributed by atoms with Crippen LogP contribution >= 0.6 is 23.2 Å². The van der Waals surface area contributed by atoms with E-state index in [0.717, 1.165) is 11.1 Å². The first-order chi connectivity index (χ1) is 12.0. The minimum Gasteiger partial charge on any atom is -0.332 e. The first-order valence-electron chi connectivity index (χ1n) is 7.94. The van der Waals surface area contributed by atoms with Crippen LogP contribution in [0.15, 0.2) is 48.5 Å². The van der Waals surface area contributed by atoms with Crippen molar-refractivity contribution >= 4 is 29.2 Å². The Labute approximate surface area is 157 Å². The van der Waals surface area contributed by atoms with E-state index in [1.165, 1.54) is 0 Å². The standard InChI is InChI=1S/C19H18Cl2N4/c1-13-22-14(2)24-19(23-13)25(11-15-7-3-5-9-17(15)20)12-16-8-4-6-10-18(16)21/h3-10H,11-12H2,1-2H3. The lowest BCUT2D eigenvalue weighted by atomic mass is 10.1. The molecule has 1 aromatic heterocycles. The molecule has 0 fully saturated rings. The predicted molar refractivity (Wildman–Crippen MR) is 102 cm³/mol. The zero-order valence-corrected chi connectivity index (χ0v) is 15.6. The van der Waals surface area contributed by atoms with Gasteiger partial charge < -0.3 is 4.90 Å². The number of nitrogens with zero attached hydrogens (tertiary/aromatic N) is 4. The average molecular weight is 373 g/mol. The Kier molecular flexibility index (Phi) is 5.51. The van der Waals surface area contributed by atoms with E-state index in [0.29, 0.717) is 40.7 Å². The molecule has 0 spiro atoms. The van der Waals surface area contributed by atoms with Gasteiger partial charge in [-0.25, -0.2) is 4.98 Å². The van der Waals surface area contributed by atoms with Gasteiger partial charge in [0.1, 0.15) is 11.6 Å². The van der Waals surface area contributed by atoms with Crippen LogP contribution in [0.3, 0.4) is 0 Å². The number of rotatable bonds is 5. The van der Waals surface area contributed by atoms with Gasteiger partial charge in [0, 0.05) is 23.1 Å².